The summed E-state index contributed by atoms with van der Waals surface area (Å²) in [5, 5.41) is 0. The largest absolute Gasteiger partial charge is 0.378 e. The van der Waals surface area contributed by atoms with Crippen LogP contribution in [-0.2, 0) is 9.47 Å². The average Bonchev–Trinajstić information content (AvgIpc) is 2.95. The number of ether oxygens (including phenoxy) is 2. The third-order valence-corrected chi connectivity index (χ3v) is 5.29. The zero-order valence-corrected chi connectivity index (χ0v) is 15.9. The first-order valence-corrected chi connectivity index (χ1v) is 9.67. The first-order valence-electron chi connectivity index (χ1n) is 9.67. The van der Waals surface area contributed by atoms with E-state index in [0.717, 1.165) is 12.5 Å². The van der Waals surface area contributed by atoms with E-state index in [0.29, 0.717) is 30.1 Å². The molecule has 0 spiro atoms. The summed E-state index contributed by atoms with van der Waals surface area (Å²) >= 11 is 0. The summed E-state index contributed by atoms with van der Waals surface area (Å²) in [5.41, 5.74) is 0. The highest BCUT2D eigenvalue weighted by Gasteiger charge is 2.23. The van der Waals surface area contributed by atoms with Crippen molar-refractivity contribution in [3.63, 3.8) is 0 Å². The molecule has 0 radical (unpaired) electrons. The fourth-order valence-corrected chi connectivity index (χ4v) is 3.07. The van der Waals surface area contributed by atoms with Gasteiger partial charge in [0.25, 0.3) is 0 Å². The highest BCUT2D eigenvalue weighted by atomic mass is 16.5. The van der Waals surface area contributed by atoms with Gasteiger partial charge in [0.15, 0.2) is 0 Å². The van der Waals surface area contributed by atoms with E-state index in [4.69, 9.17) is 9.47 Å². The van der Waals surface area contributed by atoms with E-state index in [1.807, 2.05) is 0 Å². The van der Waals surface area contributed by atoms with Crippen molar-refractivity contribution in [1.82, 2.24) is 0 Å². The summed E-state index contributed by atoms with van der Waals surface area (Å²) in [6.45, 7) is 14.5. The summed E-state index contributed by atoms with van der Waals surface area (Å²) in [6.07, 6.45) is 10.3. The van der Waals surface area contributed by atoms with Gasteiger partial charge in [0.1, 0.15) is 0 Å². The number of hydrogen-bond acceptors (Lipinski definition) is 2. The third kappa shape index (κ3) is 7.97. The second-order valence-corrected chi connectivity index (χ2v) is 8.12. The first kappa shape index (κ1) is 20.0. The van der Waals surface area contributed by atoms with Crippen molar-refractivity contribution >= 4 is 0 Å². The number of hydrogen-bond donors (Lipinski definition) is 0. The lowest BCUT2D eigenvalue weighted by Crippen LogP contribution is -2.26. The maximum Gasteiger partial charge on any atom is 0.0601 e. The standard InChI is InChI=1S/C20H40O2/c1-15(2)18(6)21-14-13-17(5)11-12-20(16(3)4)22-19-9-7-8-10-19/h15-20H,7-14H2,1-6H3/t17?,18-,20-/m1/s1. The lowest BCUT2D eigenvalue weighted by atomic mass is 9.95. The highest BCUT2D eigenvalue weighted by Crippen LogP contribution is 2.27. The molecule has 0 aromatic heterocycles. The molecular formula is C20H40O2. The van der Waals surface area contributed by atoms with Crippen LogP contribution in [0.15, 0.2) is 0 Å². The molecule has 0 aromatic rings. The van der Waals surface area contributed by atoms with Crippen LogP contribution in [0.1, 0.15) is 86.5 Å². The van der Waals surface area contributed by atoms with Crippen molar-refractivity contribution in [3.8, 4) is 0 Å². The maximum absolute atomic E-state index is 6.37. The van der Waals surface area contributed by atoms with Gasteiger partial charge in [0.05, 0.1) is 18.3 Å². The van der Waals surface area contributed by atoms with Crippen LogP contribution < -0.4 is 0 Å². The third-order valence-electron chi connectivity index (χ3n) is 5.29. The van der Waals surface area contributed by atoms with Gasteiger partial charge in [-0.25, -0.2) is 0 Å². The Labute approximate surface area is 139 Å². The minimum absolute atomic E-state index is 0.376. The SMILES string of the molecule is CC(CCO[C@H](C)C(C)C)CC[C@@H](OC1CCCC1)C(C)C. The van der Waals surface area contributed by atoms with Crippen molar-refractivity contribution < 1.29 is 9.47 Å². The minimum Gasteiger partial charge on any atom is -0.378 e. The van der Waals surface area contributed by atoms with Crippen molar-refractivity contribution in [2.24, 2.45) is 17.8 Å². The van der Waals surface area contributed by atoms with E-state index >= 15 is 0 Å². The predicted molar refractivity (Wildman–Crippen MR) is 95.2 cm³/mol. The molecule has 1 unspecified atom stereocenters. The topological polar surface area (TPSA) is 18.5 Å². The molecule has 1 aliphatic rings. The van der Waals surface area contributed by atoms with Gasteiger partial charge in [-0.05, 0) is 56.8 Å². The molecule has 0 N–H and O–H groups in total. The lowest BCUT2D eigenvalue weighted by molar-refractivity contribution is -0.0394. The molecule has 0 bridgehead atoms. The van der Waals surface area contributed by atoms with Gasteiger partial charge in [-0.2, -0.15) is 0 Å². The quantitative estimate of drug-likeness (QED) is 0.477. The van der Waals surface area contributed by atoms with Crippen LogP contribution in [0.2, 0.25) is 0 Å². The van der Waals surface area contributed by atoms with Crippen LogP contribution >= 0.6 is 0 Å². The molecule has 3 atom stereocenters. The van der Waals surface area contributed by atoms with Gasteiger partial charge in [0, 0.05) is 6.61 Å². The maximum atomic E-state index is 6.37. The van der Waals surface area contributed by atoms with Crippen molar-refractivity contribution in [3.05, 3.63) is 0 Å². The monoisotopic (exact) mass is 312 g/mol. The summed E-state index contributed by atoms with van der Waals surface area (Å²) in [4.78, 5) is 0. The molecule has 0 saturated heterocycles. The van der Waals surface area contributed by atoms with E-state index in [1.165, 1.54) is 44.9 Å². The zero-order chi connectivity index (χ0) is 16.5. The Kier molecular flexibility index (Phi) is 9.66. The minimum atomic E-state index is 0.376. The molecule has 1 rings (SSSR count). The average molecular weight is 313 g/mol. The highest BCUT2D eigenvalue weighted by molar-refractivity contribution is 4.72. The van der Waals surface area contributed by atoms with Gasteiger partial charge < -0.3 is 9.47 Å². The van der Waals surface area contributed by atoms with E-state index in [1.54, 1.807) is 0 Å². The second kappa shape index (κ2) is 10.6. The Hall–Kier alpha value is -0.0800. The molecule has 0 aromatic carbocycles. The molecule has 0 aliphatic heterocycles. The molecule has 132 valence electrons. The molecule has 2 heteroatoms. The molecule has 0 heterocycles. The molecule has 1 aliphatic carbocycles. The molecule has 22 heavy (non-hydrogen) atoms. The van der Waals surface area contributed by atoms with E-state index in [2.05, 4.69) is 41.5 Å². The van der Waals surface area contributed by atoms with E-state index in [9.17, 15) is 0 Å². The van der Waals surface area contributed by atoms with Gasteiger partial charge in [-0.1, -0.05) is 47.5 Å². The van der Waals surface area contributed by atoms with E-state index < -0.39 is 0 Å². The Bertz CT molecular complexity index is 269. The van der Waals surface area contributed by atoms with Crippen molar-refractivity contribution in [2.45, 2.75) is 105 Å². The van der Waals surface area contributed by atoms with Gasteiger partial charge in [0.2, 0.25) is 0 Å². The summed E-state index contributed by atoms with van der Waals surface area (Å²) < 4.78 is 12.3. The van der Waals surface area contributed by atoms with E-state index in [-0.39, 0.29) is 0 Å². The van der Waals surface area contributed by atoms with Crippen LogP contribution in [0, 0.1) is 17.8 Å². The van der Waals surface area contributed by atoms with Crippen LogP contribution in [0.4, 0.5) is 0 Å². The molecule has 1 saturated carbocycles. The van der Waals surface area contributed by atoms with Gasteiger partial charge in [-0.3, -0.25) is 0 Å². The lowest BCUT2D eigenvalue weighted by Gasteiger charge is -2.26. The fraction of sp³-hybridized carbons (Fsp3) is 1.00. The second-order valence-electron chi connectivity index (χ2n) is 8.12. The molecule has 2 nitrogen and oxygen atoms in total. The van der Waals surface area contributed by atoms with Crippen molar-refractivity contribution in [1.29, 1.82) is 0 Å². The number of rotatable bonds is 11. The van der Waals surface area contributed by atoms with Crippen LogP contribution in [-0.4, -0.2) is 24.9 Å². The Morgan fingerprint density at radius 1 is 0.818 bits per heavy atom. The molecule has 1 fully saturated rings. The van der Waals surface area contributed by atoms with Gasteiger partial charge in [-0.15, -0.1) is 0 Å². The van der Waals surface area contributed by atoms with Crippen LogP contribution in [0.3, 0.4) is 0 Å². The van der Waals surface area contributed by atoms with Crippen LogP contribution in [0.5, 0.6) is 0 Å². The van der Waals surface area contributed by atoms with Crippen molar-refractivity contribution in [2.75, 3.05) is 6.61 Å². The summed E-state index contributed by atoms with van der Waals surface area (Å²) in [7, 11) is 0. The molecular weight excluding hydrogens is 272 g/mol. The normalized spacial score (nSPS) is 20.7. The van der Waals surface area contributed by atoms with Gasteiger partial charge >= 0.3 is 0 Å². The molecule has 0 amide bonds. The summed E-state index contributed by atoms with van der Waals surface area (Å²) in [6, 6.07) is 0. The Balaban J connectivity index is 2.19. The Morgan fingerprint density at radius 3 is 2.00 bits per heavy atom. The predicted octanol–water partition coefficient (Wildman–Crippen LogP) is 5.84. The van der Waals surface area contributed by atoms with Crippen LogP contribution in [0.25, 0.3) is 0 Å². The Morgan fingerprint density at radius 2 is 1.45 bits per heavy atom. The zero-order valence-electron chi connectivity index (χ0n) is 15.9. The first-order chi connectivity index (χ1) is 10.4. The fourth-order valence-electron chi connectivity index (χ4n) is 3.07. The smallest absolute Gasteiger partial charge is 0.0601 e. The summed E-state index contributed by atoms with van der Waals surface area (Å²) in [5.74, 6) is 1.97.